The van der Waals surface area contributed by atoms with Crippen LogP contribution in [0.3, 0.4) is 0 Å². The molecule has 4 heteroatoms. The van der Waals surface area contributed by atoms with Crippen molar-refractivity contribution in [1.29, 1.82) is 0 Å². The van der Waals surface area contributed by atoms with E-state index in [1.807, 2.05) is 0 Å². The third-order valence-corrected chi connectivity index (χ3v) is 3.76. The molecule has 2 atom stereocenters. The molecule has 1 fully saturated rings. The summed E-state index contributed by atoms with van der Waals surface area (Å²) < 4.78 is 18.6. The van der Waals surface area contributed by atoms with Crippen molar-refractivity contribution in [2.45, 2.75) is 32.4 Å². The Morgan fingerprint density at radius 2 is 2.33 bits per heavy atom. The second kappa shape index (κ2) is 6.50. The van der Waals surface area contributed by atoms with Crippen LogP contribution in [-0.2, 0) is 11.3 Å². The summed E-state index contributed by atoms with van der Waals surface area (Å²) in [5, 5.41) is 3.58. The van der Waals surface area contributed by atoms with Gasteiger partial charge in [0, 0.05) is 19.7 Å². The molecule has 1 aliphatic rings. The van der Waals surface area contributed by atoms with Gasteiger partial charge in [-0.15, -0.1) is 0 Å². The van der Waals surface area contributed by atoms with Crippen molar-refractivity contribution in [3.8, 4) is 0 Å². The number of nitrogens with one attached hydrogen (secondary N) is 1. The Morgan fingerprint density at radius 3 is 3.06 bits per heavy atom. The van der Waals surface area contributed by atoms with Gasteiger partial charge in [0.05, 0.1) is 11.1 Å². The Labute approximate surface area is 112 Å². The van der Waals surface area contributed by atoms with Gasteiger partial charge in [-0.05, 0) is 36.5 Å². The van der Waals surface area contributed by atoms with Gasteiger partial charge < -0.3 is 10.1 Å². The van der Waals surface area contributed by atoms with Crippen LogP contribution in [0.4, 0.5) is 4.39 Å². The van der Waals surface area contributed by atoms with Gasteiger partial charge in [0.2, 0.25) is 0 Å². The molecule has 1 aliphatic heterocycles. The molecule has 1 N–H and O–H groups in total. The highest BCUT2D eigenvalue weighted by Crippen LogP contribution is 2.22. The summed E-state index contributed by atoms with van der Waals surface area (Å²) in [5.41, 5.74) is 1.01. The molecule has 100 valence electrons. The molecule has 0 aliphatic carbocycles. The second-order valence-electron chi connectivity index (χ2n) is 4.75. The van der Waals surface area contributed by atoms with Crippen LogP contribution in [0.5, 0.6) is 0 Å². The first kappa shape index (κ1) is 13.8. The number of hydrogen-bond acceptors (Lipinski definition) is 2. The van der Waals surface area contributed by atoms with E-state index in [4.69, 9.17) is 16.3 Å². The lowest BCUT2D eigenvalue weighted by atomic mass is 9.99. The molecule has 18 heavy (non-hydrogen) atoms. The van der Waals surface area contributed by atoms with Crippen molar-refractivity contribution in [3.63, 3.8) is 0 Å². The number of rotatable bonds is 5. The van der Waals surface area contributed by atoms with Gasteiger partial charge in [-0.1, -0.05) is 24.6 Å². The minimum absolute atomic E-state index is 0.185. The summed E-state index contributed by atoms with van der Waals surface area (Å²) in [6, 6.07) is 4.84. The zero-order chi connectivity index (χ0) is 13.0. The maximum absolute atomic E-state index is 13.0. The van der Waals surface area contributed by atoms with Crippen LogP contribution >= 0.6 is 11.6 Å². The zero-order valence-corrected chi connectivity index (χ0v) is 11.3. The molecule has 1 aromatic rings. The third kappa shape index (κ3) is 3.44. The van der Waals surface area contributed by atoms with Crippen molar-refractivity contribution in [3.05, 3.63) is 34.6 Å². The Balaban J connectivity index is 1.79. The van der Waals surface area contributed by atoms with Gasteiger partial charge >= 0.3 is 0 Å². The van der Waals surface area contributed by atoms with E-state index in [0.29, 0.717) is 18.6 Å². The summed E-state index contributed by atoms with van der Waals surface area (Å²) in [5.74, 6) is 0.224. The standard InChI is InChI=1S/C14H19ClFNO/c1-2-14-11(5-6-18-14)9-17-8-10-3-4-13(16)12(15)7-10/h3-4,7,11,14,17H,2,5-6,8-9H2,1H3. The normalized spacial score (nSPS) is 23.5. The van der Waals surface area contributed by atoms with Gasteiger partial charge in [0.1, 0.15) is 5.82 Å². The van der Waals surface area contributed by atoms with Crippen LogP contribution in [0.15, 0.2) is 18.2 Å². The Hall–Kier alpha value is -0.640. The molecule has 0 aromatic heterocycles. The van der Waals surface area contributed by atoms with Crippen molar-refractivity contribution < 1.29 is 9.13 Å². The van der Waals surface area contributed by atoms with E-state index >= 15 is 0 Å². The smallest absolute Gasteiger partial charge is 0.141 e. The van der Waals surface area contributed by atoms with Gasteiger partial charge in [-0.25, -0.2) is 4.39 Å². The largest absolute Gasteiger partial charge is 0.378 e. The lowest BCUT2D eigenvalue weighted by Gasteiger charge is -2.17. The van der Waals surface area contributed by atoms with E-state index in [2.05, 4.69) is 12.2 Å². The van der Waals surface area contributed by atoms with Crippen LogP contribution in [0.25, 0.3) is 0 Å². The average molecular weight is 272 g/mol. The lowest BCUT2D eigenvalue weighted by molar-refractivity contribution is 0.0872. The fourth-order valence-corrected chi connectivity index (χ4v) is 2.63. The molecular formula is C14H19ClFNO. The van der Waals surface area contributed by atoms with Crippen molar-refractivity contribution >= 4 is 11.6 Å². The first-order valence-electron chi connectivity index (χ1n) is 6.47. The van der Waals surface area contributed by atoms with Crippen molar-refractivity contribution in [1.82, 2.24) is 5.32 Å². The summed E-state index contributed by atoms with van der Waals surface area (Å²) >= 11 is 5.74. The second-order valence-corrected chi connectivity index (χ2v) is 5.15. The monoisotopic (exact) mass is 271 g/mol. The van der Waals surface area contributed by atoms with Gasteiger partial charge in [-0.2, -0.15) is 0 Å². The predicted molar refractivity (Wildman–Crippen MR) is 71.3 cm³/mol. The lowest BCUT2D eigenvalue weighted by Crippen LogP contribution is -2.27. The van der Waals surface area contributed by atoms with E-state index in [1.54, 1.807) is 12.1 Å². The molecule has 0 bridgehead atoms. The zero-order valence-electron chi connectivity index (χ0n) is 10.6. The van der Waals surface area contributed by atoms with Crippen LogP contribution in [0, 0.1) is 11.7 Å². The molecule has 1 saturated heterocycles. The van der Waals surface area contributed by atoms with E-state index in [-0.39, 0.29) is 10.8 Å². The van der Waals surface area contributed by atoms with E-state index in [1.165, 1.54) is 6.07 Å². The summed E-state index contributed by atoms with van der Waals surface area (Å²) in [6.45, 7) is 4.68. The topological polar surface area (TPSA) is 21.3 Å². The van der Waals surface area contributed by atoms with Crippen LogP contribution in [0.1, 0.15) is 25.3 Å². The fraction of sp³-hybridized carbons (Fsp3) is 0.571. The molecule has 2 unspecified atom stereocenters. The predicted octanol–water partition coefficient (Wildman–Crippen LogP) is 3.38. The number of hydrogen-bond donors (Lipinski definition) is 1. The molecular weight excluding hydrogens is 253 g/mol. The quantitative estimate of drug-likeness (QED) is 0.886. The van der Waals surface area contributed by atoms with Crippen LogP contribution in [0.2, 0.25) is 5.02 Å². The van der Waals surface area contributed by atoms with Crippen molar-refractivity contribution in [2.75, 3.05) is 13.2 Å². The van der Waals surface area contributed by atoms with E-state index in [0.717, 1.165) is 31.6 Å². The highest BCUT2D eigenvalue weighted by Gasteiger charge is 2.25. The van der Waals surface area contributed by atoms with Gasteiger partial charge in [0.15, 0.2) is 0 Å². The number of ether oxygens (including phenoxy) is 1. The average Bonchev–Trinajstić information content (AvgIpc) is 2.81. The highest BCUT2D eigenvalue weighted by atomic mass is 35.5. The molecule has 1 heterocycles. The molecule has 1 aromatic carbocycles. The Kier molecular flexibility index (Phi) is 4.98. The minimum atomic E-state index is -0.365. The molecule has 0 radical (unpaired) electrons. The maximum Gasteiger partial charge on any atom is 0.141 e. The Morgan fingerprint density at radius 1 is 1.50 bits per heavy atom. The van der Waals surface area contributed by atoms with Crippen LogP contribution < -0.4 is 5.32 Å². The first-order chi connectivity index (χ1) is 8.70. The first-order valence-corrected chi connectivity index (χ1v) is 6.84. The number of halogens is 2. The van der Waals surface area contributed by atoms with E-state index in [9.17, 15) is 4.39 Å². The highest BCUT2D eigenvalue weighted by molar-refractivity contribution is 6.30. The third-order valence-electron chi connectivity index (χ3n) is 3.47. The fourth-order valence-electron chi connectivity index (χ4n) is 2.43. The molecule has 2 nitrogen and oxygen atoms in total. The minimum Gasteiger partial charge on any atom is -0.378 e. The van der Waals surface area contributed by atoms with Crippen molar-refractivity contribution in [2.24, 2.45) is 5.92 Å². The molecule has 2 rings (SSSR count). The molecule has 0 amide bonds. The Bertz CT molecular complexity index is 399. The van der Waals surface area contributed by atoms with E-state index < -0.39 is 0 Å². The summed E-state index contributed by atoms with van der Waals surface area (Å²) in [6.07, 6.45) is 2.57. The molecule has 0 spiro atoms. The number of benzene rings is 1. The van der Waals surface area contributed by atoms with Gasteiger partial charge in [0.25, 0.3) is 0 Å². The SMILES string of the molecule is CCC1OCCC1CNCc1ccc(F)c(Cl)c1. The van der Waals surface area contributed by atoms with Crippen LogP contribution in [-0.4, -0.2) is 19.3 Å². The summed E-state index contributed by atoms with van der Waals surface area (Å²) in [7, 11) is 0. The molecule has 0 saturated carbocycles. The van der Waals surface area contributed by atoms with Gasteiger partial charge in [-0.3, -0.25) is 0 Å². The summed E-state index contributed by atoms with van der Waals surface area (Å²) in [4.78, 5) is 0. The maximum atomic E-state index is 13.0.